The van der Waals surface area contributed by atoms with Crippen LogP contribution in [0.15, 0.2) is 12.4 Å². The molecule has 0 saturated heterocycles. The zero-order valence-electron chi connectivity index (χ0n) is 12.2. The number of nitrogens with one attached hydrogen (secondary N) is 1. The Labute approximate surface area is 139 Å². The highest BCUT2D eigenvalue weighted by atomic mass is 31.3. The van der Waals surface area contributed by atoms with Gasteiger partial charge in [-0.05, 0) is 0 Å². The summed E-state index contributed by atoms with van der Waals surface area (Å²) in [5, 5.41) is 20.7. The Morgan fingerprint density at radius 2 is 1.68 bits per heavy atom. The Hall–Kier alpha value is -1.51. The van der Waals surface area contributed by atoms with Gasteiger partial charge >= 0.3 is 15.6 Å². The van der Waals surface area contributed by atoms with Crippen LogP contribution in [0.2, 0.25) is 0 Å². The van der Waals surface area contributed by atoms with E-state index in [2.05, 4.69) is 19.6 Å². The lowest BCUT2D eigenvalue weighted by molar-refractivity contribution is 0.0755. The molecule has 1 atom stereocenters. The van der Waals surface area contributed by atoms with Crippen molar-refractivity contribution in [3.8, 4) is 0 Å². The number of hydrogen-bond donors (Lipinski definition) is 8. The quantitative estimate of drug-likeness (QED) is 0.230. The van der Waals surface area contributed by atoms with E-state index in [0.29, 0.717) is 0 Å². The Balaban J connectivity index is 0.000000299. The molecule has 1 amide bonds. The zero-order valence-corrected chi connectivity index (χ0v) is 14.0. The third kappa shape index (κ3) is 6.05. The monoisotopic (exact) mass is 403 g/mol. The molecular formula is C8H15N5O10P2. The minimum absolute atomic E-state index is 0.0612. The summed E-state index contributed by atoms with van der Waals surface area (Å²) >= 11 is 0. The van der Waals surface area contributed by atoms with Crippen molar-refractivity contribution in [3.05, 3.63) is 18.1 Å². The van der Waals surface area contributed by atoms with Crippen molar-refractivity contribution in [2.45, 2.75) is 5.79 Å². The number of carbonyl (C=O) groups is 1. The highest BCUT2D eigenvalue weighted by molar-refractivity contribution is 7.60. The summed E-state index contributed by atoms with van der Waals surface area (Å²) in [5.41, 5.74) is 5.80. The molecule has 0 radical (unpaired) electrons. The van der Waals surface area contributed by atoms with Gasteiger partial charge in [-0.15, -0.1) is 0 Å². The van der Waals surface area contributed by atoms with Gasteiger partial charge in [-0.25, -0.2) is 19.1 Å². The Bertz CT molecular complexity index is 701. The molecule has 2 heterocycles. The van der Waals surface area contributed by atoms with Crippen molar-refractivity contribution < 1.29 is 48.0 Å². The van der Waals surface area contributed by atoms with Crippen molar-refractivity contribution in [2.24, 2.45) is 5.73 Å². The van der Waals surface area contributed by atoms with Crippen LogP contribution in [0.4, 0.5) is 5.82 Å². The molecule has 142 valence electrons. The normalized spacial score (nSPS) is 20.3. The van der Waals surface area contributed by atoms with Crippen LogP contribution < -0.4 is 16.0 Å². The summed E-state index contributed by atoms with van der Waals surface area (Å²) < 4.78 is 22.2. The first-order chi connectivity index (χ1) is 11.3. The number of aliphatic hydroxyl groups excluding tert-OH is 2. The van der Waals surface area contributed by atoms with E-state index in [-0.39, 0.29) is 11.5 Å². The van der Waals surface area contributed by atoms with Crippen LogP contribution in [0.3, 0.4) is 0 Å². The molecule has 1 unspecified atom stereocenters. The van der Waals surface area contributed by atoms with Gasteiger partial charge in [0.25, 0.3) is 5.91 Å². The number of phosphoric acid groups is 2. The molecule has 17 heteroatoms. The van der Waals surface area contributed by atoms with Crippen molar-refractivity contribution in [3.63, 3.8) is 0 Å². The molecular weight excluding hydrogens is 388 g/mol. The molecule has 1 aromatic rings. The van der Waals surface area contributed by atoms with E-state index in [1.807, 2.05) is 0 Å². The number of anilines is 1. The Morgan fingerprint density at radius 1 is 1.16 bits per heavy atom. The number of amides is 1. The summed E-state index contributed by atoms with van der Waals surface area (Å²) in [6.45, 7) is -1.06. The molecule has 2 rings (SSSR count). The fraction of sp³-hybridized carbons (Fsp3) is 0.375. The van der Waals surface area contributed by atoms with E-state index in [1.54, 1.807) is 0 Å². The van der Waals surface area contributed by atoms with E-state index in [0.717, 1.165) is 4.90 Å². The van der Waals surface area contributed by atoms with E-state index in [1.165, 1.54) is 12.4 Å². The van der Waals surface area contributed by atoms with Crippen LogP contribution in [-0.4, -0.2) is 64.8 Å². The van der Waals surface area contributed by atoms with Crippen molar-refractivity contribution in [1.29, 1.82) is 0 Å². The average molecular weight is 403 g/mol. The van der Waals surface area contributed by atoms with Gasteiger partial charge in [-0.3, -0.25) is 15.4 Å². The lowest BCUT2D eigenvalue weighted by Gasteiger charge is -2.42. The topological polar surface area (TPSA) is 249 Å². The van der Waals surface area contributed by atoms with Gasteiger partial charge in [-0.2, -0.15) is 4.31 Å². The fourth-order valence-electron chi connectivity index (χ4n) is 1.66. The summed E-state index contributed by atoms with van der Waals surface area (Å²) in [7, 11) is -10.1. The Morgan fingerprint density at radius 3 is 2.08 bits per heavy atom. The number of nitrogens with zero attached hydrogens (tertiary/aromatic N) is 3. The predicted octanol–water partition coefficient (Wildman–Crippen LogP) is -3.23. The molecule has 1 aromatic heterocycles. The highest BCUT2D eigenvalue weighted by Gasteiger charge is 2.42. The van der Waals surface area contributed by atoms with Crippen LogP contribution in [0.5, 0.6) is 0 Å². The van der Waals surface area contributed by atoms with E-state index < -0.39 is 40.7 Å². The maximum atomic E-state index is 11.6. The molecule has 0 aliphatic carbocycles. The summed E-state index contributed by atoms with van der Waals surface area (Å²) in [6.07, 6.45) is 2.73. The van der Waals surface area contributed by atoms with Gasteiger partial charge in [0, 0.05) is 12.4 Å². The number of fused-ring (bicyclic) bond motifs is 1. The van der Waals surface area contributed by atoms with Gasteiger partial charge in [0.1, 0.15) is 6.73 Å². The second kappa shape index (κ2) is 7.80. The first-order valence-electron chi connectivity index (χ1n) is 6.07. The molecule has 0 saturated carbocycles. The van der Waals surface area contributed by atoms with Crippen LogP contribution in [0.1, 0.15) is 10.5 Å². The molecule has 1 aliphatic rings. The molecule has 1 aliphatic heterocycles. The number of aliphatic hydroxyl groups is 2. The fourth-order valence-corrected chi connectivity index (χ4v) is 2.77. The van der Waals surface area contributed by atoms with E-state index >= 15 is 0 Å². The van der Waals surface area contributed by atoms with Gasteiger partial charge in [0.15, 0.2) is 17.3 Å². The molecule has 9 N–H and O–H groups in total. The largest absolute Gasteiger partial charge is 0.478 e. The lowest BCUT2D eigenvalue weighted by atomic mass is 10.2. The molecule has 15 nitrogen and oxygen atoms in total. The number of hydrogen-bond acceptors (Lipinski definition) is 10. The van der Waals surface area contributed by atoms with Crippen LogP contribution in [0, 0.1) is 0 Å². The zero-order chi connectivity index (χ0) is 19.5. The predicted molar refractivity (Wildman–Crippen MR) is 78.2 cm³/mol. The van der Waals surface area contributed by atoms with Crippen LogP contribution in [0.25, 0.3) is 0 Å². The molecule has 0 bridgehead atoms. The Kier molecular flexibility index (Phi) is 6.72. The van der Waals surface area contributed by atoms with Gasteiger partial charge in [0.2, 0.25) is 0 Å². The molecule has 0 aromatic carbocycles. The number of aromatic nitrogens is 2. The minimum Gasteiger partial charge on any atom is -0.390 e. The third-order valence-electron chi connectivity index (χ3n) is 2.56. The second-order valence-electron chi connectivity index (χ2n) is 4.40. The first-order valence-corrected chi connectivity index (χ1v) is 9.13. The standard InChI is InChI=1S/C8H11N5O3.H4O7P2/c9-8(3-14)12-7(16)5-6(13(8)4-15)11-2-1-10-5;1-8(2,3)7-9(4,5)6/h1-2,14-15H,3-4,9H2,(H,12,16);(H2,1,2,3)(H2,4,5,6). The summed E-state index contributed by atoms with van der Waals surface area (Å²) in [4.78, 5) is 51.5. The highest BCUT2D eigenvalue weighted by Crippen LogP contribution is 2.53. The number of nitrogens with two attached hydrogens (primary N) is 1. The molecule has 0 fully saturated rings. The minimum atomic E-state index is -5.05. The number of carbonyl (C=O) groups excluding carboxylic acids is 1. The van der Waals surface area contributed by atoms with E-state index in [4.69, 9.17) is 30.4 Å². The lowest BCUT2D eigenvalue weighted by Crippen LogP contribution is -2.72. The maximum Gasteiger partial charge on any atom is 0.478 e. The summed E-state index contributed by atoms with van der Waals surface area (Å²) in [5.74, 6) is -1.95. The van der Waals surface area contributed by atoms with Crippen molar-refractivity contribution in [2.75, 3.05) is 18.2 Å². The molecule has 25 heavy (non-hydrogen) atoms. The maximum absolute atomic E-state index is 11.6. The van der Waals surface area contributed by atoms with Crippen molar-refractivity contribution >= 4 is 27.4 Å². The number of rotatable bonds is 4. The van der Waals surface area contributed by atoms with Gasteiger partial charge in [0.05, 0.1) is 6.61 Å². The van der Waals surface area contributed by atoms with Crippen molar-refractivity contribution in [1.82, 2.24) is 15.3 Å². The van der Waals surface area contributed by atoms with Crippen LogP contribution >= 0.6 is 15.6 Å². The van der Waals surface area contributed by atoms with Crippen LogP contribution in [-0.2, 0) is 13.4 Å². The third-order valence-corrected chi connectivity index (χ3v) is 4.26. The summed E-state index contributed by atoms with van der Waals surface area (Å²) in [6, 6.07) is 0. The smallest absolute Gasteiger partial charge is 0.390 e. The SMILES string of the molecule is NC1(CO)NC(=O)c2nccnc2N1CO.O=P(O)(O)OP(=O)(O)O. The molecule has 0 spiro atoms. The first kappa shape index (κ1) is 21.5. The van der Waals surface area contributed by atoms with E-state index in [9.17, 15) is 19.0 Å². The average Bonchev–Trinajstić information content (AvgIpc) is 2.44. The van der Waals surface area contributed by atoms with Gasteiger partial charge in [-0.1, -0.05) is 0 Å². The second-order valence-corrected chi connectivity index (χ2v) is 7.01. The van der Waals surface area contributed by atoms with Gasteiger partial charge < -0.3 is 35.1 Å².